The quantitative estimate of drug-likeness (QED) is 0.0309. The average molecular weight is 1020 g/mol. The summed E-state index contributed by atoms with van der Waals surface area (Å²) in [5.41, 5.74) is 3.96. The van der Waals surface area contributed by atoms with Crippen molar-refractivity contribution in [1.82, 2.24) is 0 Å². The first kappa shape index (κ1) is 60.2. The Morgan fingerprint density at radius 3 is 0.819 bits per heavy atom. The summed E-state index contributed by atoms with van der Waals surface area (Å²) in [7, 11) is -8.52. The van der Waals surface area contributed by atoms with E-state index < -0.39 is 33.3 Å². The minimum atomic E-state index is -2.14. The predicted octanol–water partition coefficient (Wildman–Crippen LogP) is 13.1. The molecule has 8 heteroatoms. The standard InChI is InChI=1S/C32H40O2Si2.C32H38O2Si2/c2*1-7-25-35(26-8-2,33-11-5)31-21-17-29(18-22-31)15-13-14-16-30-19-23-32(24-20-30)36(27-9-3,28-10-4)34-12-6/h7-10,13,15,17-24H,1-4,11-12,25-28H2,5-6H3;7-10,17-24H,1-4,11-12,25-28H2,5-6H3/b15-13-;. The molecule has 0 aliphatic rings. The van der Waals surface area contributed by atoms with Crippen LogP contribution in [0.3, 0.4) is 0 Å². The van der Waals surface area contributed by atoms with E-state index in [0.717, 1.165) is 70.6 Å². The van der Waals surface area contributed by atoms with Gasteiger partial charge in [0.05, 0.1) is 0 Å². The fourth-order valence-corrected chi connectivity index (χ4v) is 22.2. The van der Waals surface area contributed by atoms with Crippen LogP contribution in [0, 0.1) is 35.5 Å². The van der Waals surface area contributed by atoms with Gasteiger partial charge in [-0.2, -0.15) is 0 Å². The van der Waals surface area contributed by atoms with Gasteiger partial charge in [-0.15, -0.1) is 52.6 Å². The molecule has 0 aliphatic heterocycles. The van der Waals surface area contributed by atoms with Gasteiger partial charge in [0.1, 0.15) is 0 Å². The highest BCUT2D eigenvalue weighted by Crippen LogP contribution is 2.23. The first-order valence-electron chi connectivity index (χ1n) is 25.1. The molecular formula is C64H78O4Si4. The third-order valence-corrected chi connectivity index (χ3v) is 28.7. The normalized spacial score (nSPS) is 11.2. The smallest absolute Gasteiger partial charge is 0.231 e. The van der Waals surface area contributed by atoms with Crippen LogP contribution in [0.25, 0.3) is 6.08 Å². The number of benzene rings is 4. The summed E-state index contributed by atoms with van der Waals surface area (Å²) in [5.74, 6) is 18.7. The maximum absolute atomic E-state index is 6.29. The lowest BCUT2D eigenvalue weighted by molar-refractivity contribution is 0.333. The summed E-state index contributed by atoms with van der Waals surface area (Å²) < 4.78 is 25.1. The van der Waals surface area contributed by atoms with Crippen molar-refractivity contribution in [2.24, 2.45) is 0 Å². The Bertz CT molecular complexity index is 2460. The summed E-state index contributed by atoms with van der Waals surface area (Å²) in [6.45, 7) is 42.5. The summed E-state index contributed by atoms with van der Waals surface area (Å²) >= 11 is 0. The van der Waals surface area contributed by atoms with Gasteiger partial charge in [0.2, 0.25) is 33.3 Å². The van der Waals surface area contributed by atoms with E-state index in [4.69, 9.17) is 17.7 Å². The Morgan fingerprint density at radius 1 is 0.347 bits per heavy atom. The Morgan fingerprint density at radius 2 is 0.583 bits per heavy atom. The van der Waals surface area contributed by atoms with Gasteiger partial charge < -0.3 is 17.7 Å². The first-order valence-corrected chi connectivity index (χ1v) is 34.4. The molecule has 4 aromatic rings. The minimum Gasteiger partial charge on any atom is -0.412 e. The van der Waals surface area contributed by atoms with Crippen LogP contribution in [-0.4, -0.2) is 59.7 Å². The van der Waals surface area contributed by atoms with Gasteiger partial charge in [-0.1, -0.05) is 133 Å². The van der Waals surface area contributed by atoms with Crippen molar-refractivity contribution in [3.8, 4) is 35.5 Å². The van der Waals surface area contributed by atoms with Crippen molar-refractivity contribution in [2.75, 3.05) is 26.4 Å². The Kier molecular flexibility index (Phi) is 27.4. The van der Waals surface area contributed by atoms with Crippen LogP contribution in [-0.2, 0) is 17.7 Å². The van der Waals surface area contributed by atoms with E-state index in [1.54, 1.807) is 0 Å². The molecule has 374 valence electrons. The van der Waals surface area contributed by atoms with Gasteiger partial charge in [0.15, 0.2) is 0 Å². The highest BCUT2D eigenvalue weighted by atomic mass is 28.4. The lowest BCUT2D eigenvalue weighted by Crippen LogP contribution is -2.50. The molecule has 0 radical (unpaired) electrons. The lowest BCUT2D eigenvalue weighted by atomic mass is 10.2. The van der Waals surface area contributed by atoms with Crippen LogP contribution < -0.4 is 20.7 Å². The van der Waals surface area contributed by atoms with Crippen LogP contribution in [0.4, 0.5) is 0 Å². The number of allylic oxidation sites excluding steroid dienone is 9. The van der Waals surface area contributed by atoms with Crippen LogP contribution in [0.5, 0.6) is 0 Å². The van der Waals surface area contributed by atoms with E-state index in [-0.39, 0.29) is 0 Å². The van der Waals surface area contributed by atoms with Crippen molar-refractivity contribution in [3.05, 3.63) is 227 Å². The topological polar surface area (TPSA) is 36.9 Å². The molecular weight excluding hydrogens is 945 g/mol. The molecule has 0 fully saturated rings. The summed E-state index contributed by atoms with van der Waals surface area (Å²) in [6, 6.07) is 40.7. The molecule has 0 amide bonds. The van der Waals surface area contributed by atoms with E-state index in [9.17, 15) is 0 Å². The second-order valence-electron chi connectivity index (χ2n) is 17.1. The molecule has 72 heavy (non-hydrogen) atoms. The van der Waals surface area contributed by atoms with Crippen molar-refractivity contribution in [1.29, 1.82) is 0 Å². The fraction of sp³-hybridized carbons (Fsp3) is 0.250. The van der Waals surface area contributed by atoms with Gasteiger partial charge >= 0.3 is 0 Å². The van der Waals surface area contributed by atoms with Crippen LogP contribution in [0.2, 0.25) is 48.4 Å². The molecule has 0 spiro atoms. The summed E-state index contributed by atoms with van der Waals surface area (Å²) in [6.07, 6.45) is 19.6. The van der Waals surface area contributed by atoms with E-state index in [2.05, 4.69) is 168 Å². The van der Waals surface area contributed by atoms with Crippen molar-refractivity contribution >= 4 is 60.1 Å². The van der Waals surface area contributed by atoms with E-state index in [1.165, 1.54) is 20.7 Å². The predicted molar refractivity (Wildman–Crippen MR) is 324 cm³/mol. The second-order valence-corrected chi connectivity index (χ2v) is 31.8. The molecule has 4 nitrogen and oxygen atoms in total. The molecule has 4 aromatic carbocycles. The van der Waals surface area contributed by atoms with Gasteiger partial charge in [-0.05, 0) is 163 Å². The van der Waals surface area contributed by atoms with Crippen LogP contribution in [0.15, 0.2) is 204 Å². The Labute approximate surface area is 439 Å². The number of hydrogen-bond donors (Lipinski definition) is 0. The monoisotopic (exact) mass is 1020 g/mol. The molecule has 0 saturated heterocycles. The van der Waals surface area contributed by atoms with E-state index in [0.29, 0.717) is 26.4 Å². The second kappa shape index (κ2) is 32.8. The zero-order valence-corrected chi connectivity index (χ0v) is 47.8. The Balaban J connectivity index is 0.000000380. The maximum atomic E-state index is 6.29. The maximum Gasteiger partial charge on any atom is 0.231 e. The van der Waals surface area contributed by atoms with Gasteiger partial charge in [0.25, 0.3) is 0 Å². The van der Waals surface area contributed by atoms with Crippen molar-refractivity contribution in [2.45, 2.75) is 76.0 Å². The molecule has 0 bridgehead atoms. The van der Waals surface area contributed by atoms with Crippen molar-refractivity contribution in [3.63, 3.8) is 0 Å². The lowest BCUT2D eigenvalue weighted by Gasteiger charge is -2.29. The molecule has 0 saturated carbocycles. The van der Waals surface area contributed by atoms with Crippen LogP contribution in [0.1, 0.15) is 49.9 Å². The molecule has 0 aromatic heterocycles. The van der Waals surface area contributed by atoms with E-state index >= 15 is 0 Å². The number of hydrogen-bond acceptors (Lipinski definition) is 4. The molecule has 4 rings (SSSR count). The summed E-state index contributed by atoms with van der Waals surface area (Å²) in [4.78, 5) is 0. The van der Waals surface area contributed by atoms with Crippen molar-refractivity contribution < 1.29 is 17.7 Å². The molecule has 0 atom stereocenters. The van der Waals surface area contributed by atoms with Crippen LogP contribution >= 0.6 is 0 Å². The van der Waals surface area contributed by atoms with Gasteiger partial charge in [-0.3, -0.25) is 0 Å². The fourth-order valence-electron chi connectivity index (χ4n) is 8.99. The minimum absolute atomic E-state index is 0.684. The molecule has 0 N–H and O–H groups in total. The molecule has 0 heterocycles. The first-order chi connectivity index (χ1) is 35.0. The highest BCUT2D eigenvalue weighted by Gasteiger charge is 2.37. The third kappa shape index (κ3) is 17.6. The molecule has 0 aliphatic carbocycles. The third-order valence-electron chi connectivity index (χ3n) is 12.2. The molecule has 0 unspecified atom stereocenters. The summed E-state index contributed by atoms with van der Waals surface area (Å²) in [5, 5.41) is 5.00. The average Bonchev–Trinajstić information content (AvgIpc) is 3.38. The SMILES string of the molecule is C=CC[Si](CC=C)(OCC)c1ccc(C#C/C=C\c2ccc([Si](CC=C)(CC=C)OCC)cc2)cc1.C=CC[Si](CC=C)(OCC)c1ccc(C#CC#Cc2ccc([Si](CC=C)(CC=C)OCC)cc2)cc1. The van der Waals surface area contributed by atoms with Gasteiger partial charge in [-0.25, -0.2) is 0 Å². The zero-order valence-electron chi connectivity index (χ0n) is 43.8. The largest absolute Gasteiger partial charge is 0.412 e. The van der Waals surface area contributed by atoms with E-state index in [1.807, 2.05) is 106 Å². The zero-order chi connectivity index (χ0) is 52.6. The number of rotatable bonds is 29. The van der Waals surface area contributed by atoms with Gasteiger partial charge in [0, 0.05) is 43.1 Å². The highest BCUT2D eigenvalue weighted by molar-refractivity contribution is 6.88. The Hall–Kier alpha value is -6.07.